The highest BCUT2D eigenvalue weighted by atomic mass is 79.9. The Morgan fingerprint density at radius 1 is 1.32 bits per heavy atom. The SMILES string of the molecule is CB(O)N1CCN(C2c3ccc(Cl)cc3CCc3cc(Br)c[n+]([O-])c32)[C@@H](C(=O)NCCCn2ccnc2)C1. The molecule has 2 atom stereocenters. The second-order valence-corrected chi connectivity index (χ2v) is 11.3. The van der Waals surface area contributed by atoms with Crippen LogP contribution in [-0.4, -0.2) is 69.5 Å². The summed E-state index contributed by atoms with van der Waals surface area (Å²) in [7, 11) is -0.679. The summed E-state index contributed by atoms with van der Waals surface area (Å²) in [6, 6.07) is 6.82. The van der Waals surface area contributed by atoms with Crippen molar-refractivity contribution in [2.75, 3.05) is 26.2 Å². The average molecular weight is 602 g/mol. The molecule has 1 unspecified atom stereocenters. The number of hydrogen-bond acceptors (Lipinski definition) is 6. The van der Waals surface area contributed by atoms with Gasteiger partial charge in [-0.05, 0) is 71.3 Å². The van der Waals surface area contributed by atoms with Gasteiger partial charge in [0.05, 0.1) is 10.8 Å². The molecule has 9 nitrogen and oxygen atoms in total. The van der Waals surface area contributed by atoms with Gasteiger partial charge >= 0.3 is 7.05 Å². The van der Waals surface area contributed by atoms with Crippen molar-refractivity contribution in [2.24, 2.45) is 0 Å². The van der Waals surface area contributed by atoms with Crippen molar-refractivity contribution in [3.63, 3.8) is 0 Å². The molecule has 2 N–H and O–H groups in total. The maximum absolute atomic E-state index is 13.7. The van der Waals surface area contributed by atoms with Gasteiger partial charge in [0.15, 0.2) is 6.20 Å². The maximum atomic E-state index is 13.7. The molecule has 1 aromatic carbocycles. The molecular formula is C26H31BBrClN6O3. The summed E-state index contributed by atoms with van der Waals surface area (Å²) >= 11 is 9.86. The number of piperazine rings is 1. The van der Waals surface area contributed by atoms with Crippen LogP contribution in [0, 0.1) is 5.21 Å². The van der Waals surface area contributed by atoms with E-state index in [1.165, 1.54) is 6.20 Å². The first kappa shape index (κ1) is 27.1. The Morgan fingerprint density at radius 3 is 2.89 bits per heavy atom. The average Bonchev–Trinajstić information content (AvgIpc) is 3.35. The lowest BCUT2D eigenvalue weighted by molar-refractivity contribution is -0.617. The lowest BCUT2D eigenvalue weighted by Gasteiger charge is -2.44. The molecule has 0 bridgehead atoms. The molecule has 1 amide bonds. The standard InChI is InChI=1S/C26H31BBrClN6O3/c1-27(37)33-11-12-34(23(16-33)26(36)31-7-2-9-32-10-8-30-17-32)25-22-6-5-21(29)14-18(22)3-4-19-13-20(28)15-35(38)24(19)25/h5-6,8,10,13-15,17,23,25,37H,2-4,7,9,11-12,16H2,1H3,(H,31,36)/t23-,25?/m1/s1. The van der Waals surface area contributed by atoms with Crippen LogP contribution in [-0.2, 0) is 24.2 Å². The number of carbonyl (C=O) groups is 1. The monoisotopic (exact) mass is 600 g/mol. The maximum Gasteiger partial charge on any atom is 0.376 e. The number of nitrogens with zero attached hydrogens (tertiary/aromatic N) is 5. The number of hydrogen-bond donors (Lipinski definition) is 2. The van der Waals surface area contributed by atoms with E-state index >= 15 is 0 Å². The second-order valence-electron chi connectivity index (χ2n) is 9.97. The van der Waals surface area contributed by atoms with E-state index < -0.39 is 19.1 Å². The van der Waals surface area contributed by atoms with Gasteiger partial charge in [0.1, 0.15) is 12.1 Å². The molecule has 0 spiro atoms. The quantitative estimate of drug-likeness (QED) is 0.187. The first-order valence-corrected chi connectivity index (χ1v) is 14.1. The minimum absolute atomic E-state index is 0.114. The van der Waals surface area contributed by atoms with E-state index in [1.54, 1.807) is 19.3 Å². The van der Waals surface area contributed by atoms with Gasteiger partial charge < -0.3 is 24.9 Å². The summed E-state index contributed by atoms with van der Waals surface area (Å²) in [4.78, 5) is 21.8. The van der Waals surface area contributed by atoms with Gasteiger partial charge in [-0.2, -0.15) is 4.73 Å². The summed E-state index contributed by atoms with van der Waals surface area (Å²) in [5, 5.41) is 27.5. The van der Waals surface area contributed by atoms with Crippen LogP contribution in [0.5, 0.6) is 0 Å². The number of carbonyl (C=O) groups excluding carboxylic acids is 1. The molecule has 3 aromatic rings. The number of aryl methyl sites for hydroxylation is 3. The number of nitrogens with one attached hydrogen (secondary N) is 1. The lowest BCUT2D eigenvalue weighted by Crippen LogP contribution is -2.63. The van der Waals surface area contributed by atoms with Gasteiger partial charge in [0, 0.05) is 55.7 Å². The summed E-state index contributed by atoms with van der Waals surface area (Å²) in [6.45, 7) is 4.43. The van der Waals surface area contributed by atoms with E-state index in [1.807, 2.05) is 39.8 Å². The Hall–Kier alpha value is -2.44. The Balaban J connectivity index is 1.49. The van der Waals surface area contributed by atoms with Gasteiger partial charge in [-0.1, -0.05) is 17.7 Å². The minimum Gasteiger partial charge on any atom is -0.618 e. The molecule has 2 aliphatic rings. The van der Waals surface area contributed by atoms with Crippen molar-refractivity contribution in [3.8, 4) is 0 Å². The van der Waals surface area contributed by atoms with Crippen LogP contribution in [0.25, 0.3) is 0 Å². The summed E-state index contributed by atoms with van der Waals surface area (Å²) in [6.07, 6.45) is 9.12. The van der Waals surface area contributed by atoms with Gasteiger partial charge in [-0.25, -0.2) is 4.98 Å². The number of halogens is 2. The smallest absolute Gasteiger partial charge is 0.376 e. The number of aromatic nitrogens is 3. The van der Waals surface area contributed by atoms with E-state index in [4.69, 9.17) is 11.6 Å². The van der Waals surface area contributed by atoms with Crippen LogP contribution in [0.15, 0.2) is 53.7 Å². The van der Waals surface area contributed by atoms with Crippen molar-refractivity contribution in [2.45, 2.75) is 44.7 Å². The molecular weight excluding hydrogens is 570 g/mol. The van der Waals surface area contributed by atoms with Gasteiger partial charge in [-0.3, -0.25) is 9.69 Å². The van der Waals surface area contributed by atoms with Crippen molar-refractivity contribution in [1.29, 1.82) is 0 Å². The Bertz CT molecular complexity index is 1290. The number of benzene rings is 1. The highest BCUT2D eigenvalue weighted by molar-refractivity contribution is 9.10. The summed E-state index contributed by atoms with van der Waals surface area (Å²) < 4.78 is 3.64. The van der Waals surface area contributed by atoms with Gasteiger partial charge in [-0.15, -0.1) is 0 Å². The number of amides is 1. The highest BCUT2D eigenvalue weighted by Crippen LogP contribution is 2.38. The molecule has 1 aliphatic heterocycles. The predicted molar refractivity (Wildman–Crippen MR) is 150 cm³/mol. The van der Waals surface area contributed by atoms with Gasteiger partial charge in [0.2, 0.25) is 11.6 Å². The summed E-state index contributed by atoms with van der Waals surface area (Å²) in [5.74, 6) is -0.114. The van der Waals surface area contributed by atoms with Crippen molar-refractivity contribution < 1.29 is 14.5 Å². The fourth-order valence-electron chi connectivity index (χ4n) is 5.62. The fourth-order valence-corrected chi connectivity index (χ4v) is 6.27. The first-order valence-electron chi connectivity index (χ1n) is 12.9. The van der Waals surface area contributed by atoms with Crippen molar-refractivity contribution in [1.82, 2.24) is 24.6 Å². The Labute approximate surface area is 236 Å². The van der Waals surface area contributed by atoms with Crippen LogP contribution in [0.3, 0.4) is 0 Å². The zero-order chi connectivity index (χ0) is 26.8. The molecule has 0 radical (unpaired) electrons. The van der Waals surface area contributed by atoms with Gasteiger partial charge in [0.25, 0.3) is 0 Å². The largest absolute Gasteiger partial charge is 0.618 e. The highest BCUT2D eigenvalue weighted by Gasteiger charge is 2.44. The predicted octanol–water partition coefficient (Wildman–Crippen LogP) is 2.42. The van der Waals surface area contributed by atoms with Crippen LogP contribution in [0.1, 0.15) is 34.8 Å². The first-order chi connectivity index (χ1) is 18.3. The van der Waals surface area contributed by atoms with E-state index in [2.05, 4.69) is 31.1 Å². The molecule has 0 saturated carbocycles. The van der Waals surface area contributed by atoms with E-state index in [-0.39, 0.29) is 5.91 Å². The molecule has 2 aromatic heterocycles. The minimum atomic E-state index is -0.679. The molecule has 200 valence electrons. The van der Waals surface area contributed by atoms with Crippen LogP contribution < -0.4 is 10.0 Å². The summed E-state index contributed by atoms with van der Waals surface area (Å²) in [5.41, 5.74) is 3.65. The fraction of sp³-hybridized carbons (Fsp3) is 0.423. The molecule has 38 heavy (non-hydrogen) atoms. The number of pyridine rings is 1. The molecule has 1 saturated heterocycles. The number of imidazole rings is 1. The lowest BCUT2D eigenvalue weighted by atomic mass is 9.82. The molecule has 3 heterocycles. The van der Waals surface area contributed by atoms with Crippen LogP contribution in [0.2, 0.25) is 11.8 Å². The zero-order valence-electron chi connectivity index (χ0n) is 21.3. The topological polar surface area (TPSA) is 101 Å². The van der Waals surface area contributed by atoms with Crippen molar-refractivity contribution >= 4 is 40.5 Å². The van der Waals surface area contributed by atoms with Crippen LogP contribution in [0.4, 0.5) is 0 Å². The molecule has 1 aliphatic carbocycles. The van der Waals surface area contributed by atoms with E-state index in [9.17, 15) is 15.0 Å². The zero-order valence-corrected chi connectivity index (χ0v) is 23.6. The third-order valence-electron chi connectivity index (χ3n) is 7.51. The Morgan fingerprint density at radius 2 is 2.13 bits per heavy atom. The number of fused-ring (bicyclic) bond motifs is 2. The Kier molecular flexibility index (Phi) is 8.39. The van der Waals surface area contributed by atoms with Crippen LogP contribution >= 0.6 is 27.5 Å². The number of rotatable bonds is 7. The third-order valence-corrected chi connectivity index (χ3v) is 8.18. The normalized spacial score (nSPS) is 19.9. The third kappa shape index (κ3) is 5.77. The van der Waals surface area contributed by atoms with Crippen molar-refractivity contribution in [3.05, 3.63) is 86.3 Å². The molecule has 5 rings (SSSR count). The molecule has 12 heteroatoms. The van der Waals surface area contributed by atoms with E-state index in [0.29, 0.717) is 43.3 Å². The molecule has 1 fully saturated rings. The van der Waals surface area contributed by atoms with E-state index in [0.717, 1.165) is 45.3 Å². The second kappa shape index (κ2) is 11.8.